The maximum absolute atomic E-state index is 13.5. The number of aromatic nitrogens is 1. The second-order valence-corrected chi connectivity index (χ2v) is 3.54. The highest BCUT2D eigenvalue weighted by Gasteiger charge is 2.06. The summed E-state index contributed by atoms with van der Waals surface area (Å²) in [7, 11) is 0. The highest BCUT2D eigenvalue weighted by Crippen LogP contribution is 2.25. The lowest BCUT2D eigenvalue weighted by Crippen LogP contribution is -1.93. The van der Waals surface area contributed by atoms with Crippen LogP contribution >= 0.6 is 11.6 Å². The largest absolute Gasteiger partial charge is 0.384 e. The van der Waals surface area contributed by atoms with Crippen molar-refractivity contribution in [3.63, 3.8) is 0 Å². The normalized spacial score (nSPS) is 10.3. The molecular formula is C11H8ClFN2. The minimum Gasteiger partial charge on any atom is -0.384 e. The molecule has 0 atom stereocenters. The number of nitrogens with zero attached hydrogens (tertiary/aromatic N) is 1. The van der Waals surface area contributed by atoms with Crippen molar-refractivity contribution in [3.05, 3.63) is 47.4 Å². The number of hydrogen-bond acceptors (Lipinski definition) is 2. The first-order valence-electron chi connectivity index (χ1n) is 4.34. The number of halogens is 2. The van der Waals surface area contributed by atoms with Gasteiger partial charge >= 0.3 is 0 Å². The van der Waals surface area contributed by atoms with Gasteiger partial charge in [-0.25, -0.2) is 9.37 Å². The molecule has 0 aliphatic heterocycles. The van der Waals surface area contributed by atoms with Gasteiger partial charge in [-0.05, 0) is 17.7 Å². The number of rotatable bonds is 1. The zero-order valence-electron chi connectivity index (χ0n) is 7.74. The van der Waals surface area contributed by atoms with Crippen LogP contribution in [0.15, 0.2) is 36.5 Å². The van der Waals surface area contributed by atoms with Gasteiger partial charge in [0, 0.05) is 22.8 Å². The predicted octanol–water partition coefficient (Wildman–Crippen LogP) is 3.12. The van der Waals surface area contributed by atoms with Crippen molar-refractivity contribution < 1.29 is 4.39 Å². The van der Waals surface area contributed by atoms with Crippen LogP contribution in [0.3, 0.4) is 0 Å². The topological polar surface area (TPSA) is 38.9 Å². The summed E-state index contributed by atoms with van der Waals surface area (Å²) in [4.78, 5) is 3.84. The number of pyridine rings is 1. The summed E-state index contributed by atoms with van der Waals surface area (Å²) in [5, 5.41) is 0.559. The summed E-state index contributed by atoms with van der Waals surface area (Å²) in [5.74, 6) is -0.233. The molecule has 0 aliphatic carbocycles. The first kappa shape index (κ1) is 9.93. The van der Waals surface area contributed by atoms with Gasteiger partial charge in [0.2, 0.25) is 0 Å². The molecule has 2 nitrogen and oxygen atoms in total. The van der Waals surface area contributed by atoms with E-state index in [-0.39, 0.29) is 5.82 Å². The Labute approximate surface area is 91.5 Å². The third-order valence-corrected chi connectivity index (χ3v) is 2.25. The Hall–Kier alpha value is -1.61. The molecule has 76 valence electrons. The molecule has 15 heavy (non-hydrogen) atoms. The number of hydrogen-bond donors (Lipinski definition) is 1. The highest BCUT2D eigenvalue weighted by atomic mass is 35.5. The van der Waals surface area contributed by atoms with Crippen molar-refractivity contribution in [2.45, 2.75) is 0 Å². The van der Waals surface area contributed by atoms with Gasteiger partial charge in [0.15, 0.2) is 0 Å². The fourth-order valence-corrected chi connectivity index (χ4v) is 1.50. The lowest BCUT2D eigenvalue weighted by Gasteiger charge is -2.03. The van der Waals surface area contributed by atoms with Crippen molar-refractivity contribution in [3.8, 4) is 11.1 Å². The van der Waals surface area contributed by atoms with Crippen LogP contribution in [0.25, 0.3) is 11.1 Å². The molecule has 0 radical (unpaired) electrons. The lowest BCUT2D eigenvalue weighted by atomic mass is 10.1. The molecule has 0 saturated heterocycles. The molecule has 0 unspecified atom stereocenters. The quantitative estimate of drug-likeness (QED) is 0.805. The van der Waals surface area contributed by atoms with Gasteiger partial charge in [-0.1, -0.05) is 23.7 Å². The van der Waals surface area contributed by atoms with Crippen LogP contribution in [-0.4, -0.2) is 4.98 Å². The summed E-state index contributed by atoms with van der Waals surface area (Å²) >= 11 is 5.81. The molecule has 0 saturated carbocycles. The molecule has 1 aromatic carbocycles. The standard InChI is InChI=1S/C11H8ClFN2/c12-8-3-1-2-7(4-8)9-6-15-11(14)5-10(9)13/h1-6H,(H2,14,15). The molecule has 1 heterocycles. The van der Waals surface area contributed by atoms with Crippen molar-refractivity contribution in [2.75, 3.05) is 5.73 Å². The van der Waals surface area contributed by atoms with E-state index in [1.165, 1.54) is 12.3 Å². The summed E-state index contributed by atoms with van der Waals surface area (Å²) in [6.07, 6.45) is 1.40. The van der Waals surface area contributed by atoms with E-state index in [1.807, 2.05) is 0 Å². The van der Waals surface area contributed by atoms with Gasteiger partial charge < -0.3 is 5.73 Å². The SMILES string of the molecule is Nc1cc(F)c(-c2cccc(Cl)c2)cn1. The molecule has 0 fully saturated rings. The molecular weight excluding hydrogens is 215 g/mol. The summed E-state index contributed by atoms with van der Waals surface area (Å²) in [6.45, 7) is 0. The van der Waals surface area contributed by atoms with Crippen molar-refractivity contribution in [2.24, 2.45) is 0 Å². The molecule has 0 aliphatic rings. The van der Waals surface area contributed by atoms with Crippen LogP contribution in [0, 0.1) is 5.82 Å². The van der Waals surface area contributed by atoms with E-state index in [2.05, 4.69) is 4.98 Å². The highest BCUT2D eigenvalue weighted by molar-refractivity contribution is 6.30. The Morgan fingerprint density at radius 1 is 1.27 bits per heavy atom. The Bertz CT molecular complexity index is 500. The summed E-state index contributed by atoms with van der Waals surface area (Å²) in [5.41, 5.74) is 6.44. The van der Waals surface area contributed by atoms with E-state index in [0.29, 0.717) is 16.1 Å². The third kappa shape index (κ3) is 2.07. The Balaban J connectivity index is 2.54. The van der Waals surface area contributed by atoms with Gasteiger partial charge in [0.05, 0.1) is 0 Å². The van der Waals surface area contributed by atoms with Crippen LogP contribution in [0.1, 0.15) is 0 Å². The lowest BCUT2D eigenvalue weighted by molar-refractivity contribution is 0.630. The van der Waals surface area contributed by atoms with E-state index in [0.717, 1.165) is 0 Å². The number of nitrogens with two attached hydrogens (primary N) is 1. The van der Waals surface area contributed by atoms with Gasteiger partial charge in [0.1, 0.15) is 11.6 Å². The maximum Gasteiger partial charge on any atom is 0.136 e. The van der Waals surface area contributed by atoms with Crippen molar-refractivity contribution in [1.82, 2.24) is 4.98 Å². The summed E-state index contributed by atoms with van der Waals surface area (Å²) in [6, 6.07) is 8.12. The second kappa shape index (κ2) is 3.87. The molecule has 4 heteroatoms. The fraction of sp³-hybridized carbons (Fsp3) is 0. The Morgan fingerprint density at radius 2 is 2.07 bits per heavy atom. The molecule has 2 rings (SSSR count). The summed E-state index contributed by atoms with van der Waals surface area (Å²) < 4.78 is 13.5. The first-order chi connectivity index (χ1) is 7.16. The molecule has 0 spiro atoms. The minimum atomic E-state index is -0.398. The number of benzene rings is 1. The van der Waals surface area contributed by atoms with E-state index >= 15 is 0 Å². The van der Waals surface area contributed by atoms with Gasteiger partial charge in [-0.15, -0.1) is 0 Å². The smallest absolute Gasteiger partial charge is 0.136 e. The van der Waals surface area contributed by atoms with Crippen molar-refractivity contribution in [1.29, 1.82) is 0 Å². The second-order valence-electron chi connectivity index (χ2n) is 3.10. The Kier molecular flexibility index (Phi) is 2.56. The number of nitrogen functional groups attached to an aromatic ring is 1. The zero-order valence-corrected chi connectivity index (χ0v) is 8.50. The van der Waals surface area contributed by atoms with Crippen LogP contribution in [0.4, 0.5) is 10.2 Å². The first-order valence-corrected chi connectivity index (χ1v) is 4.71. The van der Waals surface area contributed by atoms with E-state index in [1.54, 1.807) is 24.3 Å². The van der Waals surface area contributed by atoms with E-state index in [9.17, 15) is 4.39 Å². The average molecular weight is 223 g/mol. The van der Waals surface area contributed by atoms with Crippen LogP contribution in [-0.2, 0) is 0 Å². The van der Waals surface area contributed by atoms with Crippen LogP contribution in [0.2, 0.25) is 5.02 Å². The molecule has 2 N–H and O–H groups in total. The molecule has 2 aromatic rings. The molecule has 0 amide bonds. The van der Waals surface area contributed by atoms with Gasteiger partial charge in [-0.3, -0.25) is 0 Å². The van der Waals surface area contributed by atoms with Gasteiger partial charge in [0.25, 0.3) is 0 Å². The number of anilines is 1. The molecule has 0 bridgehead atoms. The van der Waals surface area contributed by atoms with Crippen LogP contribution in [0.5, 0.6) is 0 Å². The fourth-order valence-electron chi connectivity index (χ4n) is 1.31. The van der Waals surface area contributed by atoms with E-state index in [4.69, 9.17) is 17.3 Å². The maximum atomic E-state index is 13.5. The third-order valence-electron chi connectivity index (χ3n) is 2.01. The average Bonchev–Trinajstić information content (AvgIpc) is 2.17. The Morgan fingerprint density at radius 3 is 2.73 bits per heavy atom. The predicted molar refractivity (Wildman–Crippen MR) is 59.1 cm³/mol. The van der Waals surface area contributed by atoms with Crippen molar-refractivity contribution >= 4 is 17.4 Å². The van der Waals surface area contributed by atoms with Gasteiger partial charge in [-0.2, -0.15) is 0 Å². The van der Waals surface area contributed by atoms with E-state index < -0.39 is 5.82 Å². The minimum absolute atomic E-state index is 0.165. The molecule has 1 aromatic heterocycles. The zero-order chi connectivity index (χ0) is 10.8. The van der Waals surface area contributed by atoms with Crippen LogP contribution < -0.4 is 5.73 Å². The monoisotopic (exact) mass is 222 g/mol.